The maximum Gasteiger partial charge on any atom is 0.0490 e. The summed E-state index contributed by atoms with van der Waals surface area (Å²) in [4.78, 5) is 0. The molecule has 1 aliphatic rings. The Balaban J connectivity index is 1.71. The summed E-state index contributed by atoms with van der Waals surface area (Å²) in [7, 11) is 0. The van der Waals surface area contributed by atoms with E-state index in [9.17, 15) is 0 Å². The quantitative estimate of drug-likeness (QED) is 0.876. The van der Waals surface area contributed by atoms with E-state index in [1.807, 2.05) is 12.1 Å². The van der Waals surface area contributed by atoms with Crippen LogP contribution in [-0.4, -0.2) is 10.2 Å². The van der Waals surface area contributed by atoms with Crippen LogP contribution in [0.1, 0.15) is 29.3 Å². The highest BCUT2D eigenvalue weighted by Gasteiger charge is 2.21. The highest BCUT2D eigenvalue weighted by molar-refractivity contribution is 6.30. The number of nitrogens with one attached hydrogen (secondary N) is 2. The molecule has 1 heterocycles. The number of nitrogens with zero attached hydrogens (tertiary/aromatic N) is 1. The van der Waals surface area contributed by atoms with Crippen molar-refractivity contribution >= 4 is 11.6 Å². The van der Waals surface area contributed by atoms with Crippen molar-refractivity contribution in [3.8, 4) is 0 Å². The molecule has 17 heavy (non-hydrogen) atoms. The topological polar surface area (TPSA) is 40.7 Å². The lowest BCUT2D eigenvalue weighted by atomic mass is 10.1. The standard InChI is InChI=1S/C13H14ClN3/c14-10-2-3-12-9(7-10)1-4-13(12)15-8-11-5-6-16-17-11/h2-3,5-7,13,15H,1,4,8H2,(H,16,17). The average molecular weight is 248 g/mol. The third-order valence-electron chi connectivity index (χ3n) is 3.28. The van der Waals surface area contributed by atoms with Crippen LogP contribution in [0.25, 0.3) is 0 Å². The number of aryl methyl sites for hydroxylation is 1. The molecule has 1 aromatic carbocycles. The van der Waals surface area contributed by atoms with Crippen LogP contribution in [0.2, 0.25) is 5.02 Å². The first-order valence-electron chi connectivity index (χ1n) is 5.83. The number of aromatic amines is 1. The summed E-state index contributed by atoms with van der Waals surface area (Å²) >= 11 is 6.00. The summed E-state index contributed by atoms with van der Waals surface area (Å²) in [5.41, 5.74) is 3.88. The van der Waals surface area contributed by atoms with Gasteiger partial charge in [0, 0.05) is 29.5 Å². The van der Waals surface area contributed by atoms with Crippen molar-refractivity contribution in [2.45, 2.75) is 25.4 Å². The second-order valence-electron chi connectivity index (χ2n) is 4.40. The normalized spacial score (nSPS) is 18.3. The van der Waals surface area contributed by atoms with Gasteiger partial charge >= 0.3 is 0 Å². The molecule has 1 unspecified atom stereocenters. The zero-order valence-electron chi connectivity index (χ0n) is 9.41. The van der Waals surface area contributed by atoms with E-state index in [0.717, 1.165) is 30.1 Å². The maximum atomic E-state index is 6.00. The van der Waals surface area contributed by atoms with Gasteiger partial charge < -0.3 is 5.32 Å². The molecular weight excluding hydrogens is 234 g/mol. The second-order valence-corrected chi connectivity index (χ2v) is 4.83. The van der Waals surface area contributed by atoms with Gasteiger partial charge in [-0.1, -0.05) is 17.7 Å². The number of aromatic nitrogens is 2. The Hall–Kier alpha value is -1.32. The van der Waals surface area contributed by atoms with Gasteiger partial charge in [0.2, 0.25) is 0 Å². The molecule has 0 bridgehead atoms. The Morgan fingerprint density at radius 3 is 3.18 bits per heavy atom. The number of hydrogen-bond donors (Lipinski definition) is 2. The number of benzene rings is 1. The third kappa shape index (κ3) is 2.21. The van der Waals surface area contributed by atoms with Crippen LogP contribution in [0.3, 0.4) is 0 Å². The van der Waals surface area contributed by atoms with Gasteiger partial charge in [0.05, 0.1) is 0 Å². The van der Waals surface area contributed by atoms with Gasteiger partial charge in [-0.15, -0.1) is 0 Å². The minimum atomic E-state index is 0.436. The van der Waals surface area contributed by atoms with Crippen molar-refractivity contribution in [2.75, 3.05) is 0 Å². The molecule has 2 N–H and O–H groups in total. The monoisotopic (exact) mass is 247 g/mol. The fourth-order valence-electron chi connectivity index (χ4n) is 2.41. The molecule has 3 rings (SSSR count). The fraction of sp³-hybridized carbons (Fsp3) is 0.308. The smallest absolute Gasteiger partial charge is 0.0490 e. The van der Waals surface area contributed by atoms with Crippen LogP contribution < -0.4 is 5.32 Å². The summed E-state index contributed by atoms with van der Waals surface area (Å²) in [6, 6.07) is 8.61. The number of fused-ring (bicyclic) bond motifs is 1. The van der Waals surface area contributed by atoms with Crippen molar-refractivity contribution in [3.05, 3.63) is 52.3 Å². The molecule has 1 aliphatic carbocycles. The minimum absolute atomic E-state index is 0.436. The second kappa shape index (κ2) is 4.51. The van der Waals surface area contributed by atoms with Gasteiger partial charge in [-0.05, 0) is 42.2 Å². The zero-order valence-corrected chi connectivity index (χ0v) is 10.2. The molecular formula is C13H14ClN3. The molecule has 1 atom stereocenters. The Morgan fingerprint density at radius 1 is 1.41 bits per heavy atom. The van der Waals surface area contributed by atoms with Crippen molar-refractivity contribution in [3.63, 3.8) is 0 Å². The van der Waals surface area contributed by atoms with E-state index in [1.54, 1.807) is 6.20 Å². The number of hydrogen-bond acceptors (Lipinski definition) is 2. The SMILES string of the molecule is Clc1ccc2c(c1)CCC2NCc1ccn[nH]1. The van der Waals surface area contributed by atoms with Gasteiger partial charge in [0.15, 0.2) is 0 Å². The van der Waals surface area contributed by atoms with Crippen LogP contribution in [0.5, 0.6) is 0 Å². The summed E-state index contributed by atoms with van der Waals surface area (Å²) < 4.78 is 0. The average Bonchev–Trinajstić information content (AvgIpc) is 2.94. The largest absolute Gasteiger partial charge is 0.304 e. The summed E-state index contributed by atoms with van der Waals surface area (Å²) in [5.74, 6) is 0. The van der Waals surface area contributed by atoms with Crippen LogP contribution in [0, 0.1) is 0 Å². The van der Waals surface area contributed by atoms with Crippen molar-refractivity contribution < 1.29 is 0 Å². The lowest BCUT2D eigenvalue weighted by molar-refractivity contribution is 0.525. The number of H-pyrrole nitrogens is 1. The predicted octanol–water partition coefficient (Wildman–Crippen LogP) is 2.84. The summed E-state index contributed by atoms with van der Waals surface area (Å²) in [5, 5.41) is 11.3. The molecule has 3 nitrogen and oxygen atoms in total. The van der Waals surface area contributed by atoms with Crippen LogP contribution >= 0.6 is 11.6 Å². The Morgan fingerprint density at radius 2 is 2.35 bits per heavy atom. The maximum absolute atomic E-state index is 6.00. The first-order valence-corrected chi connectivity index (χ1v) is 6.21. The molecule has 0 saturated heterocycles. The van der Waals surface area contributed by atoms with Crippen molar-refractivity contribution in [1.29, 1.82) is 0 Å². The van der Waals surface area contributed by atoms with E-state index >= 15 is 0 Å². The first kappa shape index (κ1) is 10.8. The zero-order chi connectivity index (χ0) is 11.7. The summed E-state index contributed by atoms with van der Waals surface area (Å²) in [6.07, 6.45) is 4.03. The molecule has 0 radical (unpaired) electrons. The van der Waals surface area contributed by atoms with Crippen molar-refractivity contribution in [2.24, 2.45) is 0 Å². The third-order valence-corrected chi connectivity index (χ3v) is 3.52. The van der Waals surface area contributed by atoms with Crippen LogP contribution in [0.15, 0.2) is 30.5 Å². The van der Waals surface area contributed by atoms with Crippen LogP contribution in [0.4, 0.5) is 0 Å². The number of rotatable bonds is 3. The summed E-state index contributed by atoms with van der Waals surface area (Å²) in [6.45, 7) is 0.826. The fourth-order valence-corrected chi connectivity index (χ4v) is 2.61. The van der Waals surface area contributed by atoms with E-state index in [4.69, 9.17) is 11.6 Å². The van der Waals surface area contributed by atoms with Crippen molar-refractivity contribution in [1.82, 2.24) is 15.5 Å². The van der Waals surface area contributed by atoms with Gasteiger partial charge in [-0.3, -0.25) is 5.10 Å². The molecule has 0 fully saturated rings. The predicted molar refractivity (Wildman–Crippen MR) is 67.9 cm³/mol. The van der Waals surface area contributed by atoms with Gasteiger partial charge in [0.25, 0.3) is 0 Å². The molecule has 0 saturated carbocycles. The highest BCUT2D eigenvalue weighted by Crippen LogP contribution is 2.32. The molecule has 0 spiro atoms. The first-order chi connectivity index (χ1) is 8.33. The molecule has 1 aromatic heterocycles. The molecule has 88 valence electrons. The van der Waals surface area contributed by atoms with Gasteiger partial charge in [0.1, 0.15) is 0 Å². The van der Waals surface area contributed by atoms with Gasteiger partial charge in [-0.25, -0.2) is 0 Å². The Bertz CT molecular complexity index is 507. The lowest BCUT2D eigenvalue weighted by Crippen LogP contribution is -2.18. The lowest BCUT2D eigenvalue weighted by Gasteiger charge is -2.13. The molecule has 0 amide bonds. The number of halogens is 1. The minimum Gasteiger partial charge on any atom is -0.304 e. The van der Waals surface area contributed by atoms with E-state index in [2.05, 4.69) is 27.6 Å². The molecule has 2 aromatic rings. The van der Waals surface area contributed by atoms with E-state index in [0.29, 0.717) is 6.04 Å². The van der Waals surface area contributed by atoms with E-state index in [-0.39, 0.29) is 0 Å². The Labute approximate surface area is 105 Å². The van der Waals surface area contributed by atoms with Crippen LogP contribution in [-0.2, 0) is 13.0 Å². The Kier molecular flexibility index (Phi) is 2.87. The van der Waals surface area contributed by atoms with E-state index < -0.39 is 0 Å². The van der Waals surface area contributed by atoms with Gasteiger partial charge in [-0.2, -0.15) is 5.10 Å². The molecule has 0 aliphatic heterocycles. The van der Waals surface area contributed by atoms with E-state index in [1.165, 1.54) is 11.1 Å². The molecule has 4 heteroatoms. The highest BCUT2D eigenvalue weighted by atomic mass is 35.5.